The van der Waals surface area contributed by atoms with E-state index < -0.39 is 0 Å². The second-order valence-electron chi connectivity index (χ2n) is 8.74. The van der Waals surface area contributed by atoms with Crippen LogP contribution in [0.3, 0.4) is 0 Å². The van der Waals surface area contributed by atoms with Gasteiger partial charge in [0.05, 0.1) is 0 Å². The number of rotatable bonds is 0. The third-order valence-corrected chi connectivity index (χ3v) is 8.88. The molecule has 0 saturated heterocycles. The molecule has 0 N–H and O–H groups in total. The Bertz CT molecular complexity index is 470. The van der Waals surface area contributed by atoms with E-state index in [1.54, 1.807) is 25.7 Å². The van der Waals surface area contributed by atoms with Crippen molar-refractivity contribution >= 4 is 0 Å². The molecular formula is C18H22. The number of hydrogen-bond donors (Lipinski definition) is 0. The van der Waals surface area contributed by atoms with Crippen LogP contribution in [0, 0.1) is 59.2 Å². The third kappa shape index (κ3) is 0.646. The third-order valence-electron chi connectivity index (χ3n) is 8.88. The molecule has 0 nitrogen and oxygen atoms in total. The summed E-state index contributed by atoms with van der Waals surface area (Å²) in [6.45, 7) is 0. The fourth-order valence-corrected chi connectivity index (χ4v) is 8.95. The average molecular weight is 238 g/mol. The lowest BCUT2D eigenvalue weighted by molar-refractivity contribution is 0.132. The first-order valence-electron chi connectivity index (χ1n) is 8.69. The van der Waals surface area contributed by atoms with E-state index in [0.29, 0.717) is 0 Å². The largest absolute Gasteiger partial charge is 0.0630 e. The van der Waals surface area contributed by atoms with E-state index in [1.807, 2.05) is 0 Å². The molecule has 8 rings (SSSR count). The van der Waals surface area contributed by atoms with Gasteiger partial charge in [0, 0.05) is 0 Å². The normalized spacial score (nSPS) is 72.0. The van der Waals surface area contributed by atoms with Gasteiger partial charge in [-0.2, -0.15) is 0 Å². The Balaban J connectivity index is 1.45. The van der Waals surface area contributed by atoms with Crippen LogP contribution in [-0.2, 0) is 0 Å². The van der Waals surface area contributed by atoms with Crippen molar-refractivity contribution < 1.29 is 0 Å². The second kappa shape index (κ2) is 2.38. The van der Waals surface area contributed by atoms with Gasteiger partial charge < -0.3 is 0 Å². The predicted octanol–water partition coefficient (Wildman–Crippen LogP) is 3.88. The van der Waals surface area contributed by atoms with Crippen LogP contribution in [0.4, 0.5) is 0 Å². The highest BCUT2D eigenvalue weighted by Crippen LogP contribution is 2.85. The molecule has 0 spiro atoms. The monoisotopic (exact) mass is 238 g/mol. The number of hydrogen-bond acceptors (Lipinski definition) is 0. The van der Waals surface area contributed by atoms with Crippen LogP contribution in [0.2, 0.25) is 0 Å². The van der Waals surface area contributed by atoms with Crippen LogP contribution in [-0.4, -0.2) is 0 Å². The number of fused-ring (bicyclic) bond motifs is 1. The molecule has 10 atom stereocenters. The van der Waals surface area contributed by atoms with E-state index in [1.165, 1.54) is 48.3 Å². The molecule has 8 aliphatic carbocycles. The maximum atomic E-state index is 2.15. The van der Waals surface area contributed by atoms with Crippen molar-refractivity contribution in [2.45, 2.75) is 38.5 Å². The molecule has 8 unspecified atom stereocenters. The number of allylic oxidation sites excluding steroid dienone is 2. The molecule has 0 aromatic rings. The molecule has 8 fully saturated rings. The summed E-state index contributed by atoms with van der Waals surface area (Å²) in [4.78, 5) is 0. The van der Waals surface area contributed by atoms with Crippen LogP contribution in [0.1, 0.15) is 38.5 Å². The standard InChI is InChI=1S/C18H22/c1-2-4-8-7(3-1)13(8)18-16-11-5-9-10-6-12(14(9)16)17(18)15(10)11/h7-12,14-17H,1-6H2/t7-,8+,9?,10?,11?,12?,14?,15?,16?,17?. The van der Waals surface area contributed by atoms with E-state index in [9.17, 15) is 0 Å². The first-order chi connectivity index (χ1) is 8.95. The van der Waals surface area contributed by atoms with E-state index >= 15 is 0 Å². The minimum atomic E-state index is 1.11. The van der Waals surface area contributed by atoms with Crippen LogP contribution in [0.15, 0.2) is 11.1 Å². The molecule has 8 aliphatic rings. The Morgan fingerprint density at radius 1 is 0.611 bits per heavy atom. The molecule has 0 radical (unpaired) electrons. The molecule has 18 heavy (non-hydrogen) atoms. The van der Waals surface area contributed by atoms with Gasteiger partial charge in [-0.3, -0.25) is 0 Å². The van der Waals surface area contributed by atoms with Crippen LogP contribution in [0.5, 0.6) is 0 Å². The maximum absolute atomic E-state index is 2.15. The van der Waals surface area contributed by atoms with Gasteiger partial charge in [0.25, 0.3) is 0 Å². The summed E-state index contributed by atoms with van der Waals surface area (Å²) in [5.41, 5.74) is 4.24. The van der Waals surface area contributed by atoms with Crippen molar-refractivity contribution in [3.8, 4) is 0 Å². The van der Waals surface area contributed by atoms with Gasteiger partial charge in [-0.05, 0) is 84.9 Å². The van der Waals surface area contributed by atoms with E-state index in [0.717, 1.165) is 23.7 Å². The minimum Gasteiger partial charge on any atom is -0.0630 e. The first kappa shape index (κ1) is 8.82. The van der Waals surface area contributed by atoms with Crippen molar-refractivity contribution in [3.63, 3.8) is 0 Å². The summed E-state index contributed by atoms with van der Waals surface area (Å²) in [5.74, 6) is 11.9. The minimum absolute atomic E-state index is 1.11. The van der Waals surface area contributed by atoms with Crippen LogP contribution in [0.25, 0.3) is 0 Å². The van der Waals surface area contributed by atoms with E-state index in [4.69, 9.17) is 0 Å². The second-order valence-corrected chi connectivity index (χ2v) is 8.74. The SMILES string of the molecule is C1CC[C@H]2C(=C3C4C5CC6C7CC(C3C75)C64)[C@H]2C1. The quantitative estimate of drug-likeness (QED) is 0.562. The smallest absolute Gasteiger partial charge is 0.0131 e. The Labute approximate surface area is 109 Å². The molecule has 0 heterocycles. The molecule has 0 aliphatic heterocycles. The van der Waals surface area contributed by atoms with Gasteiger partial charge in [-0.1, -0.05) is 24.0 Å². The van der Waals surface area contributed by atoms with E-state index in [2.05, 4.69) is 11.1 Å². The summed E-state index contributed by atoms with van der Waals surface area (Å²) >= 11 is 0. The van der Waals surface area contributed by atoms with Gasteiger partial charge in [0.2, 0.25) is 0 Å². The van der Waals surface area contributed by atoms with Gasteiger partial charge in [-0.25, -0.2) is 0 Å². The summed E-state index contributed by atoms with van der Waals surface area (Å²) in [7, 11) is 0. The van der Waals surface area contributed by atoms with E-state index in [-0.39, 0.29) is 0 Å². The topological polar surface area (TPSA) is 0 Å². The zero-order valence-electron chi connectivity index (χ0n) is 11.0. The van der Waals surface area contributed by atoms with Crippen LogP contribution >= 0.6 is 0 Å². The summed E-state index contributed by atoms with van der Waals surface area (Å²) in [5, 5.41) is 0. The molecule has 0 amide bonds. The molecule has 8 saturated carbocycles. The first-order valence-corrected chi connectivity index (χ1v) is 8.69. The van der Waals surface area contributed by atoms with Gasteiger partial charge in [-0.15, -0.1) is 0 Å². The predicted molar refractivity (Wildman–Crippen MR) is 69.6 cm³/mol. The molecule has 6 bridgehead atoms. The molecule has 0 aromatic heterocycles. The Morgan fingerprint density at radius 3 is 1.72 bits per heavy atom. The van der Waals surface area contributed by atoms with Crippen molar-refractivity contribution in [1.82, 2.24) is 0 Å². The lowest BCUT2D eigenvalue weighted by Gasteiger charge is -2.33. The zero-order chi connectivity index (χ0) is 11.2. The Kier molecular flexibility index (Phi) is 1.17. The average Bonchev–Trinajstić information content (AvgIpc) is 2.83. The Hall–Kier alpha value is -0.260. The summed E-state index contributed by atoms with van der Waals surface area (Å²) < 4.78 is 0. The molecule has 0 aromatic carbocycles. The lowest BCUT2D eigenvalue weighted by atomic mass is 9.71. The summed E-state index contributed by atoms with van der Waals surface area (Å²) in [6.07, 6.45) is 9.56. The Morgan fingerprint density at radius 2 is 1.17 bits per heavy atom. The molecule has 0 heteroatoms. The highest BCUT2D eigenvalue weighted by molar-refractivity contribution is 5.48. The zero-order valence-corrected chi connectivity index (χ0v) is 11.0. The van der Waals surface area contributed by atoms with Crippen molar-refractivity contribution in [2.24, 2.45) is 59.2 Å². The lowest BCUT2D eigenvalue weighted by Crippen LogP contribution is -2.30. The fourth-order valence-electron chi connectivity index (χ4n) is 8.95. The molecule has 94 valence electrons. The highest BCUT2D eigenvalue weighted by Gasteiger charge is 2.79. The van der Waals surface area contributed by atoms with Gasteiger partial charge >= 0.3 is 0 Å². The fraction of sp³-hybridized carbons (Fsp3) is 0.889. The van der Waals surface area contributed by atoms with Crippen LogP contribution < -0.4 is 0 Å². The maximum Gasteiger partial charge on any atom is -0.0131 e. The van der Waals surface area contributed by atoms with Gasteiger partial charge in [0.15, 0.2) is 0 Å². The summed E-state index contributed by atoms with van der Waals surface area (Å²) in [6, 6.07) is 0. The van der Waals surface area contributed by atoms with Gasteiger partial charge in [0.1, 0.15) is 0 Å². The van der Waals surface area contributed by atoms with Crippen molar-refractivity contribution in [1.29, 1.82) is 0 Å². The molecular weight excluding hydrogens is 216 g/mol. The van der Waals surface area contributed by atoms with Crippen molar-refractivity contribution in [2.75, 3.05) is 0 Å². The van der Waals surface area contributed by atoms with Crippen molar-refractivity contribution in [3.05, 3.63) is 11.1 Å². The highest BCUT2D eigenvalue weighted by atomic mass is 14.8.